The van der Waals surface area contributed by atoms with Crippen LogP contribution in [-0.4, -0.2) is 36.5 Å². The van der Waals surface area contributed by atoms with E-state index in [9.17, 15) is 8.42 Å². The summed E-state index contributed by atoms with van der Waals surface area (Å²) in [4.78, 5) is 4.27. The van der Waals surface area contributed by atoms with Crippen LogP contribution in [0.4, 0.5) is 0 Å². The van der Waals surface area contributed by atoms with Crippen molar-refractivity contribution in [3.05, 3.63) is 60.4 Å². The summed E-state index contributed by atoms with van der Waals surface area (Å²) in [6.07, 6.45) is 1.14. The average molecular weight is 383 g/mol. The minimum Gasteiger partial charge on any atom is -0.496 e. The molecule has 0 unspecified atom stereocenters. The lowest BCUT2D eigenvalue weighted by Gasteiger charge is -2.05. The molecule has 2 aromatic heterocycles. The van der Waals surface area contributed by atoms with Gasteiger partial charge in [-0.3, -0.25) is 0 Å². The molecular weight excluding hydrogens is 366 g/mol. The van der Waals surface area contributed by atoms with E-state index >= 15 is 0 Å². The minimum atomic E-state index is -3.50. The highest BCUT2D eigenvalue weighted by Crippen LogP contribution is 2.30. The van der Waals surface area contributed by atoms with Gasteiger partial charge in [0.15, 0.2) is 5.76 Å². The first-order valence-electron chi connectivity index (χ1n) is 8.21. The Morgan fingerprint density at radius 2 is 1.85 bits per heavy atom. The van der Waals surface area contributed by atoms with Crippen LogP contribution < -0.4 is 4.74 Å². The van der Waals surface area contributed by atoms with Gasteiger partial charge >= 0.3 is 0 Å². The second kappa shape index (κ2) is 6.55. The zero-order chi connectivity index (χ0) is 19.0. The standard InChI is InChI=1S/C19H17N3O4S/c1-25-18-10-6-3-7-14(18)16-11-13(26-21-16)12-22-17-9-5-4-8-15(17)20-19(22)27(2,23)24/h3-11H,12H2,1-2H3. The van der Waals surface area contributed by atoms with Crippen molar-refractivity contribution in [3.8, 4) is 17.0 Å². The Morgan fingerprint density at radius 1 is 1.11 bits per heavy atom. The molecule has 0 saturated carbocycles. The summed E-state index contributed by atoms with van der Waals surface area (Å²) < 4.78 is 36.8. The number of aromatic nitrogens is 3. The normalized spacial score (nSPS) is 11.8. The van der Waals surface area contributed by atoms with E-state index in [-0.39, 0.29) is 11.7 Å². The lowest BCUT2D eigenvalue weighted by molar-refractivity contribution is 0.375. The second-order valence-corrected chi connectivity index (χ2v) is 8.03. The molecule has 4 aromatic rings. The van der Waals surface area contributed by atoms with Gasteiger partial charge in [0.2, 0.25) is 15.0 Å². The Labute approximate surface area is 156 Å². The van der Waals surface area contributed by atoms with Crippen molar-refractivity contribution in [3.63, 3.8) is 0 Å². The van der Waals surface area contributed by atoms with Crippen LogP contribution >= 0.6 is 0 Å². The van der Waals surface area contributed by atoms with Gasteiger partial charge in [-0.15, -0.1) is 0 Å². The van der Waals surface area contributed by atoms with Crippen LogP contribution in [0.1, 0.15) is 5.76 Å². The van der Waals surface area contributed by atoms with Gasteiger partial charge in [-0.1, -0.05) is 29.4 Å². The van der Waals surface area contributed by atoms with Crippen molar-refractivity contribution < 1.29 is 17.7 Å². The highest BCUT2D eigenvalue weighted by molar-refractivity contribution is 7.90. The maximum atomic E-state index is 12.2. The first kappa shape index (κ1) is 17.3. The number of hydrogen-bond donors (Lipinski definition) is 0. The number of nitrogens with zero attached hydrogens (tertiary/aromatic N) is 3. The fraction of sp³-hybridized carbons (Fsp3) is 0.158. The van der Waals surface area contributed by atoms with Gasteiger partial charge in [0.1, 0.15) is 11.4 Å². The molecule has 0 aliphatic heterocycles. The number of hydrogen-bond acceptors (Lipinski definition) is 6. The predicted octanol–water partition coefficient (Wildman–Crippen LogP) is 3.15. The SMILES string of the molecule is COc1ccccc1-c1cc(Cn2c(S(C)(=O)=O)nc3ccccc32)on1. The Bertz CT molecular complexity index is 1220. The van der Waals surface area contributed by atoms with Gasteiger partial charge in [0.25, 0.3) is 0 Å². The molecule has 0 fully saturated rings. The number of ether oxygens (including phenoxy) is 1. The van der Waals surface area contributed by atoms with Crippen LogP contribution in [0.5, 0.6) is 5.75 Å². The molecule has 2 heterocycles. The molecule has 0 amide bonds. The Morgan fingerprint density at radius 3 is 2.63 bits per heavy atom. The van der Waals surface area contributed by atoms with Gasteiger partial charge in [0.05, 0.1) is 24.7 Å². The highest BCUT2D eigenvalue weighted by atomic mass is 32.2. The molecule has 0 N–H and O–H groups in total. The van der Waals surface area contributed by atoms with Gasteiger partial charge in [-0.25, -0.2) is 13.4 Å². The monoisotopic (exact) mass is 383 g/mol. The van der Waals surface area contributed by atoms with Crippen LogP contribution in [0.25, 0.3) is 22.3 Å². The van der Waals surface area contributed by atoms with Crippen molar-refractivity contribution in [1.82, 2.24) is 14.7 Å². The third-order valence-electron chi connectivity index (χ3n) is 4.21. The van der Waals surface area contributed by atoms with Crippen LogP contribution in [0.2, 0.25) is 0 Å². The van der Waals surface area contributed by atoms with E-state index in [2.05, 4.69) is 10.1 Å². The molecule has 0 aliphatic rings. The van der Waals surface area contributed by atoms with Gasteiger partial charge in [-0.2, -0.15) is 0 Å². The van der Waals surface area contributed by atoms with E-state index in [4.69, 9.17) is 9.26 Å². The number of imidazole rings is 1. The van der Waals surface area contributed by atoms with E-state index in [1.165, 1.54) is 0 Å². The summed E-state index contributed by atoms with van der Waals surface area (Å²) >= 11 is 0. The van der Waals surface area contributed by atoms with E-state index in [1.807, 2.05) is 42.5 Å². The smallest absolute Gasteiger partial charge is 0.228 e. The van der Waals surface area contributed by atoms with Gasteiger partial charge in [-0.05, 0) is 24.3 Å². The van der Waals surface area contributed by atoms with E-state index < -0.39 is 9.84 Å². The molecule has 8 heteroatoms. The van der Waals surface area contributed by atoms with Crippen LogP contribution in [-0.2, 0) is 16.4 Å². The molecule has 0 atom stereocenters. The minimum absolute atomic E-state index is 0.000980. The first-order valence-corrected chi connectivity index (χ1v) is 10.1. The fourth-order valence-corrected chi connectivity index (χ4v) is 3.84. The maximum Gasteiger partial charge on any atom is 0.228 e. The summed E-state index contributed by atoms with van der Waals surface area (Å²) in [6.45, 7) is 0.199. The maximum absolute atomic E-state index is 12.2. The number of sulfone groups is 1. The molecule has 0 aliphatic carbocycles. The molecular formula is C19H17N3O4S. The molecule has 2 aromatic carbocycles. The third-order valence-corrected chi connectivity index (χ3v) is 5.18. The zero-order valence-corrected chi connectivity index (χ0v) is 15.6. The summed E-state index contributed by atoms with van der Waals surface area (Å²) in [7, 11) is -1.91. The first-order chi connectivity index (χ1) is 13.0. The Balaban J connectivity index is 1.77. The lowest BCUT2D eigenvalue weighted by atomic mass is 10.1. The third kappa shape index (κ3) is 3.19. The molecule has 4 rings (SSSR count). The Kier molecular flexibility index (Phi) is 4.19. The topological polar surface area (TPSA) is 87.2 Å². The molecule has 27 heavy (non-hydrogen) atoms. The predicted molar refractivity (Wildman–Crippen MR) is 100 cm³/mol. The Hall–Kier alpha value is -3.13. The van der Waals surface area contributed by atoms with E-state index in [0.29, 0.717) is 28.2 Å². The molecule has 138 valence electrons. The van der Waals surface area contributed by atoms with Crippen molar-refractivity contribution in [2.24, 2.45) is 0 Å². The zero-order valence-electron chi connectivity index (χ0n) is 14.8. The lowest BCUT2D eigenvalue weighted by Crippen LogP contribution is -2.10. The van der Waals surface area contributed by atoms with Crippen LogP contribution in [0.15, 0.2) is 64.3 Å². The molecule has 0 bridgehead atoms. The van der Waals surface area contributed by atoms with Crippen molar-refractivity contribution in [2.75, 3.05) is 13.4 Å². The van der Waals surface area contributed by atoms with Crippen molar-refractivity contribution >= 4 is 20.9 Å². The average Bonchev–Trinajstić information content (AvgIpc) is 3.27. The summed E-state index contributed by atoms with van der Waals surface area (Å²) in [5.41, 5.74) is 2.75. The summed E-state index contributed by atoms with van der Waals surface area (Å²) in [5, 5.41) is 4.11. The molecule has 0 spiro atoms. The van der Waals surface area contributed by atoms with Gasteiger partial charge in [0, 0.05) is 17.9 Å². The van der Waals surface area contributed by atoms with E-state index in [0.717, 1.165) is 11.8 Å². The van der Waals surface area contributed by atoms with Crippen molar-refractivity contribution in [2.45, 2.75) is 11.7 Å². The number of benzene rings is 2. The quantitative estimate of drug-likeness (QED) is 0.526. The highest BCUT2D eigenvalue weighted by Gasteiger charge is 2.21. The number of para-hydroxylation sites is 3. The largest absolute Gasteiger partial charge is 0.496 e. The number of methoxy groups -OCH3 is 1. The second-order valence-electron chi connectivity index (χ2n) is 6.12. The number of fused-ring (bicyclic) bond motifs is 1. The molecule has 0 saturated heterocycles. The van der Waals surface area contributed by atoms with Crippen LogP contribution in [0.3, 0.4) is 0 Å². The van der Waals surface area contributed by atoms with Crippen LogP contribution in [0, 0.1) is 0 Å². The fourth-order valence-electron chi connectivity index (χ4n) is 3.02. The molecule has 7 nitrogen and oxygen atoms in total. The summed E-state index contributed by atoms with van der Waals surface area (Å²) in [5.74, 6) is 1.20. The number of rotatable bonds is 5. The van der Waals surface area contributed by atoms with Gasteiger partial charge < -0.3 is 13.8 Å². The summed E-state index contributed by atoms with van der Waals surface area (Å²) in [6, 6.07) is 16.5. The van der Waals surface area contributed by atoms with Crippen molar-refractivity contribution in [1.29, 1.82) is 0 Å². The molecule has 0 radical (unpaired) electrons. The van der Waals surface area contributed by atoms with E-state index in [1.54, 1.807) is 23.8 Å².